The van der Waals surface area contributed by atoms with E-state index in [1.165, 1.54) is 0 Å². The van der Waals surface area contributed by atoms with Crippen molar-refractivity contribution in [2.24, 2.45) is 5.41 Å². The van der Waals surface area contributed by atoms with Crippen molar-refractivity contribution in [1.82, 2.24) is 20.5 Å². The second-order valence-corrected chi connectivity index (χ2v) is 14.3. The van der Waals surface area contributed by atoms with Crippen LogP contribution in [0.3, 0.4) is 0 Å². The number of β-amino-alcohol motifs (C(OH)–C–C–N with tert-alkyl or cyclic N) is 1. The standard InChI is InChI=1S/C31H40FN5O4S/c1-17-24(42-16-35-17)18-9-10-19(20(13-18)29(2,3)4)14-34-26(39)23-22(32)21(38)15-37(23)27(40)25(30(5,6)7)36-28(41)31(33-8)11-12-31/h9-10,13,16,21-23,25,38H,11-12,14-15H2,1-7H3,(H,34,39)(H,36,41)/t21-,22-,23-,25+/m0/s1. The van der Waals surface area contributed by atoms with Crippen molar-refractivity contribution in [3.8, 4) is 10.4 Å². The summed E-state index contributed by atoms with van der Waals surface area (Å²) >= 11 is 1.56. The van der Waals surface area contributed by atoms with Gasteiger partial charge in [-0.05, 0) is 40.5 Å². The van der Waals surface area contributed by atoms with E-state index in [0.29, 0.717) is 12.8 Å². The zero-order valence-electron chi connectivity index (χ0n) is 25.2. The van der Waals surface area contributed by atoms with Crippen molar-refractivity contribution in [3.05, 3.63) is 51.9 Å². The van der Waals surface area contributed by atoms with E-state index in [1.807, 2.05) is 19.1 Å². The molecule has 1 aromatic carbocycles. The van der Waals surface area contributed by atoms with Crippen LogP contribution in [0.5, 0.6) is 0 Å². The molecule has 0 radical (unpaired) electrons. The molecule has 4 rings (SSSR count). The number of rotatable bonds is 7. The highest BCUT2D eigenvalue weighted by Crippen LogP contribution is 2.41. The van der Waals surface area contributed by atoms with E-state index in [0.717, 1.165) is 32.2 Å². The van der Waals surface area contributed by atoms with Gasteiger partial charge in [0.2, 0.25) is 11.8 Å². The molecule has 0 bridgehead atoms. The number of likely N-dealkylation sites (tertiary alicyclic amines) is 1. The number of amides is 3. The molecule has 0 spiro atoms. The Bertz CT molecular complexity index is 1420. The summed E-state index contributed by atoms with van der Waals surface area (Å²) < 4.78 is 15.3. The first-order chi connectivity index (χ1) is 19.5. The molecular weight excluding hydrogens is 557 g/mol. The maximum atomic E-state index is 15.3. The Morgan fingerprint density at radius 1 is 1.24 bits per heavy atom. The molecule has 1 aromatic heterocycles. The van der Waals surface area contributed by atoms with Crippen LogP contribution in [0.15, 0.2) is 23.7 Å². The molecule has 4 atom stereocenters. The minimum absolute atomic E-state index is 0.0989. The monoisotopic (exact) mass is 597 g/mol. The van der Waals surface area contributed by atoms with E-state index in [9.17, 15) is 19.5 Å². The number of hydrogen-bond acceptors (Lipinski definition) is 6. The Balaban J connectivity index is 1.55. The fraction of sp³-hybridized carbons (Fsp3) is 0.581. The number of alkyl halides is 1. The quantitative estimate of drug-likeness (QED) is 0.419. The van der Waals surface area contributed by atoms with Crippen LogP contribution in [0.1, 0.15) is 71.2 Å². The molecule has 2 aliphatic rings. The summed E-state index contributed by atoms with van der Waals surface area (Å²) in [4.78, 5) is 50.0. The molecule has 11 heteroatoms. The van der Waals surface area contributed by atoms with Crippen LogP contribution < -0.4 is 10.6 Å². The molecular formula is C31H40FN5O4S. The molecule has 1 saturated carbocycles. The maximum Gasteiger partial charge on any atom is 0.309 e. The summed E-state index contributed by atoms with van der Waals surface area (Å²) in [6.07, 6.45) is -2.73. The van der Waals surface area contributed by atoms with Crippen molar-refractivity contribution >= 4 is 29.1 Å². The van der Waals surface area contributed by atoms with Crippen molar-refractivity contribution in [2.75, 3.05) is 6.54 Å². The Morgan fingerprint density at radius 2 is 1.90 bits per heavy atom. The Kier molecular flexibility index (Phi) is 8.55. The molecule has 42 heavy (non-hydrogen) atoms. The summed E-state index contributed by atoms with van der Waals surface area (Å²) in [5.74, 6) is -1.95. The van der Waals surface area contributed by atoms with Crippen molar-refractivity contribution in [1.29, 1.82) is 0 Å². The van der Waals surface area contributed by atoms with Gasteiger partial charge in [-0.1, -0.05) is 53.7 Å². The molecule has 3 amide bonds. The van der Waals surface area contributed by atoms with Gasteiger partial charge in [0.1, 0.15) is 18.2 Å². The fourth-order valence-electron chi connectivity index (χ4n) is 5.34. The van der Waals surface area contributed by atoms with Gasteiger partial charge in [-0.3, -0.25) is 19.2 Å². The van der Waals surface area contributed by atoms with Crippen molar-refractivity contribution in [3.63, 3.8) is 0 Å². The number of aromatic nitrogens is 1. The fourth-order valence-corrected chi connectivity index (χ4v) is 6.14. The molecule has 1 aliphatic heterocycles. The third-order valence-corrected chi connectivity index (χ3v) is 9.05. The number of aliphatic hydroxyl groups is 1. The van der Waals surface area contributed by atoms with E-state index in [4.69, 9.17) is 6.57 Å². The molecule has 2 aromatic rings. The summed E-state index contributed by atoms with van der Waals surface area (Å²) in [6.45, 7) is 20.5. The van der Waals surface area contributed by atoms with Gasteiger partial charge in [0, 0.05) is 19.4 Å². The van der Waals surface area contributed by atoms with Gasteiger partial charge in [0.15, 0.2) is 6.17 Å². The zero-order chi connectivity index (χ0) is 31.2. The van der Waals surface area contributed by atoms with E-state index in [1.54, 1.807) is 37.6 Å². The van der Waals surface area contributed by atoms with Crippen LogP contribution in [0.25, 0.3) is 15.3 Å². The first kappa shape index (κ1) is 31.6. The Hall–Kier alpha value is -3.36. The van der Waals surface area contributed by atoms with Crippen LogP contribution >= 0.6 is 11.3 Å². The minimum atomic E-state index is -2.00. The highest BCUT2D eigenvalue weighted by Gasteiger charge is 2.60. The van der Waals surface area contributed by atoms with Gasteiger partial charge in [-0.2, -0.15) is 0 Å². The highest BCUT2D eigenvalue weighted by molar-refractivity contribution is 7.13. The zero-order valence-corrected chi connectivity index (χ0v) is 26.1. The van der Waals surface area contributed by atoms with Gasteiger partial charge in [0.05, 0.1) is 22.6 Å². The topological polar surface area (TPSA) is 116 Å². The lowest BCUT2D eigenvalue weighted by Crippen LogP contribution is -2.59. The third kappa shape index (κ3) is 6.20. The lowest BCUT2D eigenvalue weighted by atomic mass is 9.82. The van der Waals surface area contributed by atoms with Gasteiger partial charge in [-0.25, -0.2) is 15.9 Å². The normalized spacial score (nSPS) is 22.3. The minimum Gasteiger partial charge on any atom is -0.388 e. The number of benzene rings is 1. The molecule has 1 saturated heterocycles. The second kappa shape index (κ2) is 11.4. The van der Waals surface area contributed by atoms with Crippen molar-refractivity contribution in [2.45, 2.75) is 103 Å². The summed E-state index contributed by atoms with van der Waals surface area (Å²) in [6, 6.07) is 3.30. The number of hydrogen-bond donors (Lipinski definition) is 3. The maximum absolute atomic E-state index is 15.3. The van der Waals surface area contributed by atoms with Crippen molar-refractivity contribution < 1.29 is 23.9 Å². The largest absolute Gasteiger partial charge is 0.388 e. The van der Waals surface area contributed by atoms with Crippen LogP contribution in [-0.2, 0) is 26.3 Å². The van der Waals surface area contributed by atoms with Crippen LogP contribution in [-0.4, -0.2) is 69.2 Å². The highest BCUT2D eigenvalue weighted by atomic mass is 32.1. The molecule has 1 aliphatic carbocycles. The molecule has 226 valence electrons. The predicted octanol–water partition coefficient (Wildman–Crippen LogP) is 3.92. The first-order valence-corrected chi connectivity index (χ1v) is 15.0. The number of nitrogens with zero attached hydrogens (tertiary/aromatic N) is 3. The van der Waals surface area contributed by atoms with Crippen LogP contribution in [0.4, 0.5) is 4.39 Å². The number of nitrogens with one attached hydrogen (secondary N) is 2. The Morgan fingerprint density at radius 3 is 2.43 bits per heavy atom. The number of thiazole rings is 1. The summed E-state index contributed by atoms with van der Waals surface area (Å²) in [7, 11) is 0. The predicted molar refractivity (Wildman–Crippen MR) is 159 cm³/mol. The Labute approximate surface area is 250 Å². The van der Waals surface area contributed by atoms with E-state index in [-0.39, 0.29) is 18.5 Å². The summed E-state index contributed by atoms with van der Waals surface area (Å²) in [5.41, 5.74) is 3.39. The van der Waals surface area contributed by atoms with Gasteiger partial charge < -0.3 is 20.6 Å². The summed E-state index contributed by atoms with van der Waals surface area (Å²) in [5, 5.41) is 15.9. The van der Waals surface area contributed by atoms with Gasteiger partial charge in [-0.15, -0.1) is 11.3 Å². The average Bonchev–Trinajstić information content (AvgIpc) is 3.51. The number of halogens is 1. The van der Waals surface area contributed by atoms with Gasteiger partial charge >= 0.3 is 11.4 Å². The molecule has 2 fully saturated rings. The van der Waals surface area contributed by atoms with E-state index in [2.05, 4.69) is 47.3 Å². The molecule has 3 N–H and O–H groups in total. The molecule has 9 nitrogen and oxygen atoms in total. The second-order valence-electron chi connectivity index (χ2n) is 13.5. The lowest BCUT2D eigenvalue weighted by Gasteiger charge is -2.35. The van der Waals surface area contributed by atoms with Crippen LogP contribution in [0.2, 0.25) is 0 Å². The number of carbonyl (C=O) groups is 3. The number of aryl methyl sites for hydroxylation is 1. The number of carbonyl (C=O) groups excluding carboxylic acids is 3. The van der Waals surface area contributed by atoms with E-state index >= 15 is 4.39 Å². The molecule has 0 unspecified atom stereocenters. The lowest BCUT2D eigenvalue weighted by molar-refractivity contribution is -0.145. The van der Waals surface area contributed by atoms with E-state index < -0.39 is 53.0 Å². The number of aliphatic hydroxyl groups excluding tert-OH is 1. The van der Waals surface area contributed by atoms with Gasteiger partial charge in [0.25, 0.3) is 0 Å². The third-order valence-electron chi connectivity index (χ3n) is 8.07. The first-order valence-electron chi connectivity index (χ1n) is 14.1. The molecule has 2 heterocycles. The smallest absolute Gasteiger partial charge is 0.309 e. The van der Waals surface area contributed by atoms with Crippen LogP contribution in [0, 0.1) is 18.9 Å². The SMILES string of the molecule is [C-]#[N+]C1(C(=O)N[C@H](C(=O)N2C[C@H](O)[C@H](F)[C@H]2C(=O)NCc2ccc(-c3scnc3C)cc2C(C)(C)C)C(C)(C)C)CC1. The average molecular weight is 598 g/mol.